The van der Waals surface area contributed by atoms with Crippen LogP contribution in [0.3, 0.4) is 0 Å². The molecule has 0 fully saturated rings. The zero-order valence-electron chi connectivity index (χ0n) is 22.8. The van der Waals surface area contributed by atoms with Gasteiger partial charge in [0.05, 0.1) is 21.5 Å². The Morgan fingerprint density at radius 3 is 1.00 bits per heavy atom. The van der Waals surface area contributed by atoms with E-state index in [4.69, 9.17) is 1.37 Å². The molecule has 0 heterocycles. The highest BCUT2D eigenvalue weighted by atomic mass is 15.1. The predicted octanol–water partition coefficient (Wildman–Crippen LogP) is 8.90. The molecule has 182 valence electrons. The normalized spacial score (nSPS) is 14.0. The van der Waals surface area contributed by atoms with Gasteiger partial charge < -0.3 is 4.90 Å². The average molecular weight is 426 g/mol. The van der Waals surface area contributed by atoms with Crippen LogP contribution in [-0.2, 0) is 0 Å². The van der Waals surface area contributed by atoms with E-state index in [9.17, 15) is 0 Å². The summed E-state index contributed by atoms with van der Waals surface area (Å²) in [5, 5.41) is 0. The first kappa shape index (κ1) is 28.0. The molecule has 0 saturated heterocycles. The minimum absolute atomic E-state index is 0.103. The molecular weight excluding hydrogens is 362 g/mol. The molecule has 1 N–H and O–H groups in total. The molecule has 1 heteroatoms. The van der Waals surface area contributed by atoms with Crippen molar-refractivity contribution in [1.82, 2.24) is 0 Å². The zero-order valence-corrected chi connectivity index (χ0v) is 21.8. The maximum atomic E-state index is 8.42. The average Bonchev–Trinajstić information content (AvgIpc) is 2.77. The van der Waals surface area contributed by atoms with Crippen molar-refractivity contribution in [1.29, 1.82) is 0 Å². The minimum Gasteiger partial charge on any atom is -0.337 e. The molecule has 0 aliphatic carbocycles. The van der Waals surface area contributed by atoms with E-state index in [1.54, 1.807) is 0 Å². The number of hydrogen-bond acceptors (Lipinski definition) is 0. The first-order valence-electron chi connectivity index (χ1n) is 15.0. The quantitative estimate of drug-likeness (QED) is 0.132. The van der Waals surface area contributed by atoms with Crippen LogP contribution in [0.1, 0.15) is 169 Å². The van der Waals surface area contributed by atoms with Gasteiger partial charge in [0.2, 0.25) is 0 Å². The Kier molecular flexibility index (Phi) is 25.2. The summed E-state index contributed by atoms with van der Waals surface area (Å²) in [6, 6.07) is 0. The highest BCUT2D eigenvalue weighted by Crippen LogP contribution is 2.12. The molecule has 0 bridgehead atoms. The smallest absolute Gasteiger partial charge is 0.0923 e. The van der Waals surface area contributed by atoms with Crippen molar-refractivity contribution in [2.75, 3.05) is 20.1 Å². The molecule has 0 aromatic rings. The van der Waals surface area contributed by atoms with Gasteiger partial charge in [0, 0.05) is 0 Å². The first-order valence-corrected chi connectivity index (χ1v) is 14.5. The Bertz CT molecular complexity index is 320. The van der Waals surface area contributed by atoms with Gasteiger partial charge in [-0.2, -0.15) is 0 Å². The number of unbranched alkanes of at least 4 members (excludes halogenated alkanes) is 21. The molecular formula is C29H62N+. The van der Waals surface area contributed by atoms with Crippen molar-refractivity contribution in [3.8, 4) is 0 Å². The van der Waals surface area contributed by atoms with Gasteiger partial charge >= 0.3 is 0 Å². The van der Waals surface area contributed by atoms with Crippen LogP contribution in [0.4, 0.5) is 0 Å². The number of nitrogens with one attached hydrogen (secondary N) is 1. The van der Waals surface area contributed by atoms with Gasteiger partial charge in [0.25, 0.3) is 0 Å². The molecule has 0 radical (unpaired) electrons. The van der Waals surface area contributed by atoms with Crippen LogP contribution in [0.25, 0.3) is 0 Å². The van der Waals surface area contributed by atoms with E-state index in [1.165, 1.54) is 159 Å². The Balaban J connectivity index is 3.29. The molecule has 2 atom stereocenters. The molecule has 2 unspecified atom stereocenters. The maximum Gasteiger partial charge on any atom is 0.0923 e. The van der Waals surface area contributed by atoms with Gasteiger partial charge in [0.15, 0.2) is 0 Å². The minimum atomic E-state index is 0.103. The van der Waals surface area contributed by atoms with Crippen molar-refractivity contribution >= 4 is 0 Å². The fraction of sp³-hybridized carbons (Fsp3) is 1.00. The van der Waals surface area contributed by atoms with Gasteiger partial charge in [-0.1, -0.05) is 142 Å². The summed E-state index contributed by atoms with van der Waals surface area (Å²) < 4.78 is 8.42. The van der Waals surface area contributed by atoms with E-state index in [-0.39, 0.29) is 6.52 Å². The van der Waals surface area contributed by atoms with Crippen molar-refractivity contribution in [2.45, 2.75) is 168 Å². The lowest BCUT2D eigenvalue weighted by molar-refractivity contribution is -0.880. The lowest BCUT2D eigenvalue weighted by Crippen LogP contribution is -3.09. The zero-order chi connectivity index (χ0) is 22.8. The molecule has 0 spiro atoms. The second-order valence-electron chi connectivity index (χ2n) is 10.0. The van der Waals surface area contributed by atoms with Crippen molar-refractivity contribution in [3.63, 3.8) is 0 Å². The Morgan fingerprint density at radius 1 is 0.400 bits per heavy atom. The second kappa shape index (κ2) is 27.0. The van der Waals surface area contributed by atoms with Gasteiger partial charge in [-0.15, -0.1) is 0 Å². The highest BCUT2D eigenvalue weighted by molar-refractivity contribution is 4.50. The molecule has 0 aromatic carbocycles. The Labute approximate surface area is 194 Å². The van der Waals surface area contributed by atoms with Gasteiger partial charge in [0.1, 0.15) is 0 Å². The molecule has 0 rings (SSSR count). The number of quaternary nitrogens is 1. The van der Waals surface area contributed by atoms with E-state index < -0.39 is 0 Å². The third-order valence-corrected chi connectivity index (χ3v) is 6.73. The summed E-state index contributed by atoms with van der Waals surface area (Å²) in [7, 11) is 2.24. The van der Waals surface area contributed by atoms with E-state index >= 15 is 0 Å². The fourth-order valence-electron chi connectivity index (χ4n) is 4.50. The summed E-state index contributed by atoms with van der Waals surface area (Å²) in [4.78, 5) is 1.44. The van der Waals surface area contributed by atoms with Crippen LogP contribution in [0.5, 0.6) is 0 Å². The molecule has 0 aromatic heterocycles. The molecule has 30 heavy (non-hydrogen) atoms. The van der Waals surface area contributed by atoms with E-state index in [2.05, 4.69) is 20.9 Å². The lowest BCUT2D eigenvalue weighted by atomic mass is 10.0. The topological polar surface area (TPSA) is 4.44 Å². The molecule has 0 aliphatic rings. The van der Waals surface area contributed by atoms with Crippen LogP contribution in [0, 0.1) is 0 Å². The van der Waals surface area contributed by atoms with Crippen molar-refractivity contribution in [2.24, 2.45) is 0 Å². The largest absolute Gasteiger partial charge is 0.337 e. The predicted molar refractivity (Wildman–Crippen MR) is 139 cm³/mol. The third kappa shape index (κ3) is 26.0. The van der Waals surface area contributed by atoms with Gasteiger partial charge in [-0.05, 0) is 25.7 Å². The van der Waals surface area contributed by atoms with E-state index in [0.717, 1.165) is 6.42 Å². The SMILES string of the molecule is [2H]C(CCCCCCCCCCCCC)[NH+](C)CCCCCCCCCCCCCC. The standard InChI is InChI=1S/C29H61N/c1-4-6-8-10-12-14-16-18-20-22-24-26-28-30(3)29-27-25-23-21-19-17-15-13-11-9-7-5-2/h4-29H2,1-3H3/p+1/i28D. The molecule has 0 aliphatic heterocycles. The summed E-state index contributed by atoms with van der Waals surface area (Å²) in [6.45, 7) is 5.89. The summed E-state index contributed by atoms with van der Waals surface area (Å²) in [5.41, 5.74) is 0. The summed E-state index contributed by atoms with van der Waals surface area (Å²) in [5.74, 6) is 0. The van der Waals surface area contributed by atoms with Gasteiger partial charge in [-0.25, -0.2) is 0 Å². The molecule has 0 amide bonds. The molecule has 0 saturated carbocycles. The van der Waals surface area contributed by atoms with Crippen molar-refractivity contribution in [3.05, 3.63) is 0 Å². The van der Waals surface area contributed by atoms with Crippen LogP contribution in [0.2, 0.25) is 0 Å². The van der Waals surface area contributed by atoms with Crippen molar-refractivity contribution < 1.29 is 6.27 Å². The fourth-order valence-corrected chi connectivity index (χ4v) is 4.50. The third-order valence-electron chi connectivity index (χ3n) is 6.73. The summed E-state index contributed by atoms with van der Waals surface area (Å²) in [6.07, 6.45) is 33.5. The summed E-state index contributed by atoms with van der Waals surface area (Å²) >= 11 is 0. The van der Waals surface area contributed by atoms with Crippen LogP contribution in [-0.4, -0.2) is 20.1 Å². The van der Waals surface area contributed by atoms with E-state index in [1.807, 2.05) is 0 Å². The highest BCUT2D eigenvalue weighted by Gasteiger charge is 2.02. The first-order chi connectivity index (χ1) is 15.2. The molecule has 1 nitrogen and oxygen atoms in total. The maximum absolute atomic E-state index is 8.42. The number of hydrogen-bond donors (Lipinski definition) is 1. The lowest BCUT2D eigenvalue weighted by Gasteiger charge is -2.13. The van der Waals surface area contributed by atoms with Crippen LogP contribution in [0.15, 0.2) is 0 Å². The second-order valence-corrected chi connectivity index (χ2v) is 10.0. The Morgan fingerprint density at radius 2 is 0.667 bits per heavy atom. The van der Waals surface area contributed by atoms with E-state index in [0.29, 0.717) is 0 Å². The van der Waals surface area contributed by atoms with Crippen LogP contribution >= 0.6 is 0 Å². The monoisotopic (exact) mass is 425 g/mol. The number of rotatable bonds is 26. The Hall–Kier alpha value is -0.0400. The van der Waals surface area contributed by atoms with Crippen LogP contribution < -0.4 is 4.90 Å². The van der Waals surface area contributed by atoms with Gasteiger partial charge in [-0.3, -0.25) is 0 Å².